The average Bonchev–Trinajstić information content (AvgIpc) is 2.01. The zero-order chi connectivity index (χ0) is 10.8. The monoisotopic (exact) mass is 270 g/mol. The molecule has 4 nitrogen and oxygen atoms in total. The molecule has 0 fully saturated rings. The molecule has 0 unspecified atom stereocenters. The first kappa shape index (κ1) is 12.2. The van der Waals surface area contributed by atoms with E-state index in [1.54, 1.807) is 18.2 Å². The number of hydrogen-bond donors (Lipinski definition) is 2. The Hall–Kier alpha value is 0.0900. The molecule has 0 aliphatic rings. The summed E-state index contributed by atoms with van der Waals surface area (Å²) in [5, 5.41) is 0. The molecule has 14 heavy (non-hydrogen) atoms. The Labute approximate surface area is 90.2 Å². The van der Waals surface area contributed by atoms with Crippen molar-refractivity contribution in [3.8, 4) is 0 Å². The molecule has 0 aliphatic carbocycles. The molecule has 0 saturated carbocycles. The summed E-state index contributed by atoms with van der Waals surface area (Å²) in [7, 11) is -3.73. The first-order valence-electron chi connectivity index (χ1n) is 3.38. The Bertz CT molecular complexity index is 449. The lowest BCUT2D eigenvalue weighted by atomic mass is 10.4. The van der Waals surface area contributed by atoms with E-state index < -0.39 is 14.6 Å². The van der Waals surface area contributed by atoms with Gasteiger partial charge in [-0.15, -0.1) is 0 Å². The fraction of sp³-hybridized carbons (Fsp3) is 0. The fourth-order valence-electron chi connectivity index (χ4n) is 0.758. The molecule has 0 amide bonds. The topological polar surface area (TPSA) is 74.6 Å². The van der Waals surface area contributed by atoms with Crippen LogP contribution in [0.5, 0.6) is 0 Å². The Balaban J connectivity index is 3.05. The van der Waals surface area contributed by atoms with E-state index in [2.05, 4.69) is 11.8 Å². The molecule has 2 N–H and O–H groups in total. The van der Waals surface area contributed by atoms with Crippen molar-refractivity contribution in [2.45, 2.75) is 4.90 Å². The molecule has 0 aromatic heterocycles. The lowest BCUT2D eigenvalue weighted by Crippen LogP contribution is -1.93. The molecule has 1 aromatic rings. The Morgan fingerprint density at radius 3 is 2.14 bits per heavy atom. The van der Waals surface area contributed by atoms with Crippen molar-refractivity contribution < 1.29 is 18.2 Å². The molecule has 0 bridgehead atoms. The van der Waals surface area contributed by atoms with Crippen molar-refractivity contribution in [1.82, 2.24) is 0 Å². The van der Waals surface area contributed by atoms with Crippen molar-refractivity contribution in [2.75, 3.05) is 0 Å². The molecule has 8 heteroatoms. The van der Waals surface area contributed by atoms with Gasteiger partial charge in [0.2, 0.25) is 8.87 Å². The second-order valence-electron chi connectivity index (χ2n) is 2.33. The van der Waals surface area contributed by atoms with E-state index in [9.17, 15) is 8.42 Å². The van der Waals surface area contributed by atoms with Gasteiger partial charge < -0.3 is 9.79 Å². The van der Waals surface area contributed by atoms with Gasteiger partial charge in [-0.3, -0.25) is 0 Å². The van der Waals surface area contributed by atoms with Crippen molar-refractivity contribution in [3.63, 3.8) is 0 Å². The van der Waals surface area contributed by atoms with Gasteiger partial charge in [-0.05, 0) is 23.9 Å². The molecule has 1 rings (SSSR count). The van der Waals surface area contributed by atoms with E-state index in [1.807, 2.05) is 0 Å². The highest BCUT2D eigenvalue weighted by Crippen LogP contribution is 2.55. The number of rotatable bonds is 3. The maximum absolute atomic E-state index is 11.5. The first-order valence-corrected chi connectivity index (χ1v) is 9.51. The predicted octanol–water partition coefficient (Wildman–Crippen LogP) is 1.32. The third kappa shape index (κ3) is 3.68. The van der Waals surface area contributed by atoms with Crippen molar-refractivity contribution in [3.05, 3.63) is 30.3 Å². The van der Waals surface area contributed by atoms with Gasteiger partial charge in [0.05, 0.1) is 15.3 Å². The van der Waals surface area contributed by atoms with Crippen LogP contribution in [0.4, 0.5) is 0 Å². The van der Waals surface area contributed by atoms with Gasteiger partial charge in [0, 0.05) is 0 Å². The first-order chi connectivity index (χ1) is 6.31. The third-order valence-electron chi connectivity index (χ3n) is 1.23. The largest absolute Gasteiger partial charge is 0.337 e. The minimum absolute atomic E-state index is 0.0160. The van der Waals surface area contributed by atoms with Gasteiger partial charge in [0.25, 0.3) is 5.69 Å². The van der Waals surface area contributed by atoms with Crippen LogP contribution in [-0.4, -0.2) is 18.2 Å². The summed E-state index contributed by atoms with van der Waals surface area (Å²) >= 11 is 4.24. The fourth-order valence-corrected chi connectivity index (χ4v) is 8.19. The molecule has 0 atom stereocenters. The quantitative estimate of drug-likeness (QED) is 0.637. The molecule has 0 spiro atoms. The van der Waals surface area contributed by atoms with Gasteiger partial charge in [-0.1, -0.05) is 18.2 Å². The van der Waals surface area contributed by atoms with Crippen LogP contribution in [0.3, 0.4) is 0 Å². The second kappa shape index (κ2) is 4.30. The van der Waals surface area contributed by atoms with Crippen molar-refractivity contribution in [1.29, 1.82) is 0 Å². The van der Waals surface area contributed by atoms with Crippen LogP contribution in [0.1, 0.15) is 0 Å². The van der Waals surface area contributed by atoms with Crippen LogP contribution in [-0.2, 0) is 20.7 Å². The summed E-state index contributed by atoms with van der Waals surface area (Å²) in [5.41, 5.74) is -3.79. The second-order valence-corrected chi connectivity index (χ2v) is 11.7. The summed E-state index contributed by atoms with van der Waals surface area (Å²) in [6.07, 6.45) is 0. The molecule has 1 aromatic carbocycles. The molecule has 0 aliphatic heterocycles. The Kier molecular flexibility index (Phi) is 3.74. The van der Waals surface area contributed by atoms with Gasteiger partial charge in [-0.2, -0.15) is 0 Å². The van der Waals surface area contributed by atoms with Gasteiger partial charge in [-0.25, -0.2) is 8.42 Å². The van der Waals surface area contributed by atoms with Gasteiger partial charge in [0.15, 0.2) is 0 Å². The minimum Gasteiger partial charge on any atom is -0.337 e. The van der Waals surface area contributed by atoms with Crippen LogP contribution < -0.4 is 0 Å². The van der Waals surface area contributed by atoms with E-state index >= 15 is 0 Å². The standard InChI is InChI=1S/C6H7O4PS3/c7-11(8,12)13-14(9,10)6-4-2-1-3-5-6/h1-5H,(H2,7,8,12). The van der Waals surface area contributed by atoms with E-state index in [4.69, 9.17) is 9.79 Å². The van der Waals surface area contributed by atoms with Gasteiger partial charge >= 0.3 is 0 Å². The average molecular weight is 270 g/mol. The van der Waals surface area contributed by atoms with E-state index in [1.165, 1.54) is 12.1 Å². The molecule has 0 heterocycles. The van der Waals surface area contributed by atoms with Crippen LogP contribution in [0, 0.1) is 0 Å². The highest BCUT2D eigenvalue weighted by atomic mass is 33.4. The maximum atomic E-state index is 11.5. The minimum atomic E-state index is -3.79. The summed E-state index contributed by atoms with van der Waals surface area (Å²) < 4.78 is 22.9. The van der Waals surface area contributed by atoms with E-state index in [0.29, 0.717) is 0 Å². The highest BCUT2D eigenvalue weighted by Gasteiger charge is 2.23. The summed E-state index contributed by atoms with van der Waals surface area (Å²) in [4.78, 5) is 17.8. The highest BCUT2D eigenvalue weighted by molar-refractivity contribution is 9.00. The molecular weight excluding hydrogens is 263 g/mol. The van der Waals surface area contributed by atoms with Crippen molar-refractivity contribution >= 4 is 36.8 Å². The molecule has 78 valence electrons. The normalized spacial score (nSPS) is 12.7. The summed E-state index contributed by atoms with van der Waals surface area (Å²) in [6, 6.07) is 7.50. The van der Waals surface area contributed by atoms with E-state index in [0.717, 1.165) is 0 Å². The Morgan fingerprint density at radius 1 is 1.21 bits per heavy atom. The maximum Gasteiger partial charge on any atom is 0.257 e. The Morgan fingerprint density at radius 2 is 1.71 bits per heavy atom. The molecular formula is C6H7O4PS3. The van der Waals surface area contributed by atoms with Crippen LogP contribution in [0.15, 0.2) is 35.2 Å². The predicted molar refractivity (Wildman–Crippen MR) is 59.9 cm³/mol. The summed E-state index contributed by atoms with van der Waals surface area (Å²) in [5.74, 6) is 0. The third-order valence-corrected chi connectivity index (χ3v) is 9.37. The number of hydrogen-bond acceptors (Lipinski definition) is 4. The smallest absolute Gasteiger partial charge is 0.257 e. The molecule has 0 radical (unpaired) electrons. The zero-order valence-corrected chi connectivity index (χ0v) is 10.1. The lowest BCUT2D eigenvalue weighted by Gasteiger charge is -2.06. The molecule has 0 saturated heterocycles. The number of benzene rings is 1. The van der Waals surface area contributed by atoms with Crippen LogP contribution >= 0.6 is 16.1 Å². The zero-order valence-electron chi connectivity index (χ0n) is 6.77. The lowest BCUT2D eigenvalue weighted by molar-refractivity contribution is 0.502. The van der Waals surface area contributed by atoms with Crippen LogP contribution in [0.2, 0.25) is 0 Å². The van der Waals surface area contributed by atoms with Crippen molar-refractivity contribution in [2.24, 2.45) is 0 Å². The van der Waals surface area contributed by atoms with Gasteiger partial charge in [0.1, 0.15) is 0 Å². The summed E-state index contributed by atoms with van der Waals surface area (Å²) in [6.45, 7) is 0. The van der Waals surface area contributed by atoms with E-state index in [-0.39, 0.29) is 15.3 Å². The van der Waals surface area contributed by atoms with Crippen LogP contribution in [0.25, 0.3) is 0 Å². The SMILES string of the molecule is O=S(=O)(SP(O)(O)=S)c1ccccc1.